The maximum atomic E-state index is 10.7. The van der Waals surface area contributed by atoms with E-state index in [1.165, 1.54) is 0 Å². The van der Waals surface area contributed by atoms with E-state index in [0.29, 0.717) is 6.42 Å². The van der Waals surface area contributed by atoms with E-state index in [-0.39, 0.29) is 12.2 Å². The highest BCUT2D eigenvalue weighted by molar-refractivity contribution is 7.38. The van der Waals surface area contributed by atoms with Gasteiger partial charge < -0.3 is 5.11 Å². The molecule has 3 unspecified atom stereocenters. The fourth-order valence-electron chi connectivity index (χ4n) is 1.43. The second kappa shape index (κ2) is 4.15. The second-order valence-electron chi connectivity index (χ2n) is 2.99. The van der Waals surface area contributed by atoms with Crippen molar-refractivity contribution < 1.29 is 14.2 Å². The molecule has 0 amide bonds. The predicted octanol–water partition coefficient (Wildman–Crippen LogP) is 1.68. The van der Waals surface area contributed by atoms with Crippen LogP contribution in [0.2, 0.25) is 0 Å². The van der Waals surface area contributed by atoms with Gasteiger partial charge in [-0.25, -0.2) is 0 Å². The number of hydrogen-bond acceptors (Lipinski definition) is 3. The molecule has 1 saturated carbocycles. The van der Waals surface area contributed by atoms with Crippen LogP contribution >= 0.6 is 8.03 Å². The van der Waals surface area contributed by atoms with Gasteiger partial charge in [0, 0.05) is 6.42 Å². The van der Waals surface area contributed by atoms with E-state index in [4.69, 9.17) is 4.52 Å². The van der Waals surface area contributed by atoms with Crippen LogP contribution in [0.4, 0.5) is 0 Å². The summed E-state index contributed by atoms with van der Waals surface area (Å²) >= 11 is 0. The van der Waals surface area contributed by atoms with Crippen molar-refractivity contribution in [2.24, 2.45) is 0 Å². The average Bonchev–Trinajstić information content (AvgIpc) is 1.85. The van der Waals surface area contributed by atoms with Crippen LogP contribution in [0.25, 0.3) is 0 Å². The maximum absolute atomic E-state index is 10.7. The van der Waals surface area contributed by atoms with Crippen LogP contribution < -0.4 is 0 Å². The monoisotopic (exact) mass is 177 g/mol. The molecule has 4 heteroatoms. The van der Waals surface area contributed by atoms with Gasteiger partial charge in [0.05, 0.1) is 6.10 Å². The van der Waals surface area contributed by atoms with Crippen LogP contribution in [0.15, 0.2) is 0 Å². The number of aliphatic hydroxyl groups excluding tert-OH is 1. The van der Waals surface area contributed by atoms with E-state index in [1.54, 1.807) is 6.66 Å². The first-order valence-corrected chi connectivity index (χ1v) is 5.56. The molecular formula is C7H14O3P+. The van der Waals surface area contributed by atoms with Crippen molar-refractivity contribution >= 4 is 8.03 Å². The molecule has 1 aliphatic rings. The van der Waals surface area contributed by atoms with Crippen LogP contribution in [-0.2, 0) is 9.09 Å². The van der Waals surface area contributed by atoms with E-state index >= 15 is 0 Å². The molecule has 11 heavy (non-hydrogen) atoms. The van der Waals surface area contributed by atoms with Crippen LogP contribution in [0.1, 0.15) is 25.7 Å². The van der Waals surface area contributed by atoms with Gasteiger partial charge in [-0.2, -0.15) is 0 Å². The van der Waals surface area contributed by atoms with Gasteiger partial charge >= 0.3 is 8.03 Å². The van der Waals surface area contributed by atoms with Crippen molar-refractivity contribution in [1.82, 2.24) is 0 Å². The third-order valence-corrected chi connectivity index (χ3v) is 2.49. The van der Waals surface area contributed by atoms with Gasteiger partial charge in [-0.05, 0) is 23.8 Å². The van der Waals surface area contributed by atoms with E-state index in [0.717, 1.165) is 19.3 Å². The minimum Gasteiger partial charge on any atom is -0.393 e. The highest BCUT2D eigenvalue weighted by atomic mass is 31.1. The van der Waals surface area contributed by atoms with Gasteiger partial charge in [-0.3, -0.25) is 0 Å². The van der Waals surface area contributed by atoms with Crippen LogP contribution in [0, 0.1) is 0 Å². The lowest BCUT2D eigenvalue weighted by molar-refractivity contribution is 0.0583. The second-order valence-corrected chi connectivity index (χ2v) is 4.08. The Kier molecular flexibility index (Phi) is 3.44. The molecule has 1 N–H and O–H groups in total. The molecule has 1 rings (SSSR count). The molecule has 0 saturated heterocycles. The zero-order valence-electron chi connectivity index (χ0n) is 6.69. The fraction of sp³-hybridized carbons (Fsp3) is 1.00. The summed E-state index contributed by atoms with van der Waals surface area (Å²) in [5.74, 6) is 0. The number of aliphatic hydroxyl groups is 1. The first kappa shape index (κ1) is 9.11. The Morgan fingerprint density at radius 3 is 2.82 bits per heavy atom. The molecule has 3 nitrogen and oxygen atoms in total. The minimum absolute atomic E-state index is 0.0207. The lowest BCUT2D eigenvalue weighted by Gasteiger charge is -2.21. The molecule has 64 valence electrons. The Morgan fingerprint density at radius 1 is 1.55 bits per heavy atom. The Morgan fingerprint density at radius 2 is 2.27 bits per heavy atom. The summed E-state index contributed by atoms with van der Waals surface area (Å²) < 4.78 is 15.8. The summed E-state index contributed by atoms with van der Waals surface area (Å²) in [6.45, 7) is 1.55. The molecule has 0 spiro atoms. The quantitative estimate of drug-likeness (QED) is 0.652. The van der Waals surface area contributed by atoms with Gasteiger partial charge in [-0.15, -0.1) is 4.52 Å². The van der Waals surface area contributed by atoms with E-state index < -0.39 is 8.03 Å². The first-order valence-electron chi connectivity index (χ1n) is 3.94. The predicted molar refractivity (Wildman–Crippen MR) is 42.9 cm³/mol. The minimum atomic E-state index is -1.50. The van der Waals surface area contributed by atoms with E-state index in [1.807, 2.05) is 0 Å². The first-order chi connectivity index (χ1) is 5.18. The molecule has 1 aliphatic carbocycles. The number of rotatable bonds is 2. The smallest absolute Gasteiger partial charge is 0.393 e. The molecule has 0 aromatic rings. The van der Waals surface area contributed by atoms with Crippen LogP contribution in [0.3, 0.4) is 0 Å². The lowest BCUT2D eigenvalue weighted by atomic mass is 9.95. The Hall–Kier alpha value is 0.0200. The summed E-state index contributed by atoms with van der Waals surface area (Å²) in [6.07, 6.45) is 3.20. The molecule has 1 fully saturated rings. The average molecular weight is 177 g/mol. The van der Waals surface area contributed by atoms with Gasteiger partial charge in [0.1, 0.15) is 6.10 Å². The summed E-state index contributed by atoms with van der Waals surface area (Å²) in [4.78, 5) is 0. The van der Waals surface area contributed by atoms with Crippen molar-refractivity contribution in [1.29, 1.82) is 0 Å². The van der Waals surface area contributed by atoms with Crippen LogP contribution in [0.5, 0.6) is 0 Å². The van der Waals surface area contributed by atoms with Gasteiger partial charge in [-0.1, -0.05) is 0 Å². The van der Waals surface area contributed by atoms with Crippen molar-refractivity contribution in [3.8, 4) is 0 Å². The molecule has 0 bridgehead atoms. The highest BCUT2D eigenvalue weighted by Gasteiger charge is 2.26. The molecule has 0 aliphatic heterocycles. The molecule has 0 aromatic carbocycles. The van der Waals surface area contributed by atoms with Gasteiger partial charge in [0.15, 0.2) is 6.66 Å². The third-order valence-electron chi connectivity index (χ3n) is 1.90. The molecule has 3 atom stereocenters. The zero-order chi connectivity index (χ0) is 8.27. The number of hydrogen-bond donors (Lipinski definition) is 1. The molecule has 0 radical (unpaired) electrons. The lowest BCUT2D eigenvalue weighted by Crippen LogP contribution is -2.24. The van der Waals surface area contributed by atoms with Crippen molar-refractivity contribution in [2.45, 2.75) is 37.9 Å². The zero-order valence-corrected chi connectivity index (χ0v) is 7.59. The standard InChI is InChI=1S/C7H14O3P/c1-11(9)10-7-4-2-3-6(8)5-7/h6-8H,2-5H2,1H3/q+1. The van der Waals surface area contributed by atoms with Crippen molar-refractivity contribution in [3.63, 3.8) is 0 Å². The maximum Gasteiger partial charge on any atom is 0.505 e. The fourth-order valence-corrected chi connectivity index (χ4v) is 2.04. The topological polar surface area (TPSA) is 46.5 Å². The largest absolute Gasteiger partial charge is 0.505 e. The Bertz CT molecular complexity index is 149. The SMILES string of the molecule is C[P+](=O)OC1CCCC(O)C1. The Balaban J connectivity index is 2.28. The summed E-state index contributed by atoms with van der Waals surface area (Å²) in [5.41, 5.74) is 0. The summed E-state index contributed by atoms with van der Waals surface area (Å²) in [6, 6.07) is 0. The molecular weight excluding hydrogens is 163 g/mol. The third kappa shape index (κ3) is 3.28. The Labute approximate surface area is 67.6 Å². The van der Waals surface area contributed by atoms with Gasteiger partial charge in [0.25, 0.3) is 0 Å². The summed E-state index contributed by atoms with van der Waals surface area (Å²) in [7, 11) is -1.50. The normalized spacial score (nSPS) is 33.5. The molecule has 0 aromatic heterocycles. The molecule has 0 heterocycles. The van der Waals surface area contributed by atoms with E-state index in [9.17, 15) is 9.67 Å². The van der Waals surface area contributed by atoms with Crippen molar-refractivity contribution in [2.75, 3.05) is 6.66 Å². The van der Waals surface area contributed by atoms with Crippen molar-refractivity contribution in [3.05, 3.63) is 0 Å². The van der Waals surface area contributed by atoms with E-state index in [2.05, 4.69) is 0 Å². The van der Waals surface area contributed by atoms with Gasteiger partial charge in [0.2, 0.25) is 0 Å². The van der Waals surface area contributed by atoms with Crippen LogP contribution in [-0.4, -0.2) is 24.0 Å². The highest BCUT2D eigenvalue weighted by Crippen LogP contribution is 2.28. The summed E-state index contributed by atoms with van der Waals surface area (Å²) in [5, 5.41) is 9.22.